The van der Waals surface area contributed by atoms with Gasteiger partial charge in [0.05, 0.1) is 0 Å². The van der Waals surface area contributed by atoms with Crippen molar-refractivity contribution in [1.82, 2.24) is 4.90 Å². The standard InChI is InChI=1S/C11H19NO7/c1-11(2,3)19-10(18)12(5-4-6-13)7(8(14)15)9(16)17/h7,13H,4-6H2,1-3H3,(H,14,15)(H,16,17). The van der Waals surface area contributed by atoms with E-state index in [1.54, 1.807) is 20.8 Å². The summed E-state index contributed by atoms with van der Waals surface area (Å²) in [6, 6.07) is -2.04. The second kappa shape index (κ2) is 6.93. The molecule has 0 aromatic rings. The van der Waals surface area contributed by atoms with Crippen LogP contribution in [0.25, 0.3) is 0 Å². The zero-order chi connectivity index (χ0) is 15.2. The zero-order valence-corrected chi connectivity index (χ0v) is 11.1. The molecule has 0 aromatic heterocycles. The molecule has 0 fully saturated rings. The Kier molecular flexibility index (Phi) is 6.26. The van der Waals surface area contributed by atoms with Gasteiger partial charge in [-0.1, -0.05) is 0 Å². The van der Waals surface area contributed by atoms with Crippen LogP contribution in [0.1, 0.15) is 27.2 Å². The molecule has 0 heterocycles. The molecule has 0 aliphatic carbocycles. The van der Waals surface area contributed by atoms with Gasteiger partial charge in [-0.15, -0.1) is 0 Å². The fourth-order valence-electron chi connectivity index (χ4n) is 1.26. The Balaban J connectivity index is 5.12. The van der Waals surface area contributed by atoms with Crippen molar-refractivity contribution in [2.24, 2.45) is 0 Å². The molecule has 8 heteroatoms. The minimum atomic E-state index is -2.04. The van der Waals surface area contributed by atoms with E-state index >= 15 is 0 Å². The van der Waals surface area contributed by atoms with Crippen LogP contribution in [0, 0.1) is 0 Å². The van der Waals surface area contributed by atoms with Crippen molar-refractivity contribution in [1.29, 1.82) is 0 Å². The quantitative estimate of drug-likeness (QED) is 0.590. The van der Waals surface area contributed by atoms with Crippen molar-refractivity contribution in [2.45, 2.75) is 38.8 Å². The van der Waals surface area contributed by atoms with Gasteiger partial charge < -0.3 is 20.1 Å². The molecule has 0 unspecified atom stereocenters. The van der Waals surface area contributed by atoms with E-state index in [0.29, 0.717) is 4.90 Å². The summed E-state index contributed by atoms with van der Waals surface area (Å²) in [6.07, 6.45) is -0.994. The zero-order valence-electron chi connectivity index (χ0n) is 11.1. The highest BCUT2D eigenvalue weighted by Crippen LogP contribution is 2.13. The summed E-state index contributed by atoms with van der Waals surface area (Å²) in [5.41, 5.74) is -0.879. The van der Waals surface area contributed by atoms with Crippen LogP contribution >= 0.6 is 0 Å². The molecular formula is C11H19NO7. The number of carboxylic acids is 2. The number of aliphatic hydroxyl groups is 1. The Morgan fingerprint density at radius 3 is 1.95 bits per heavy atom. The fraction of sp³-hybridized carbons (Fsp3) is 0.727. The predicted octanol–water partition coefficient (Wildman–Crippen LogP) is 0.144. The van der Waals surface area contributed by atoms with Crippen molar-refractivity contribution in [2.75, 3.05) is 13.2 Å². The number of aliphatic carboxylic acids is 2. The van der Waals surface area contributed by atoms with Crippen LogP contribution in [0.4, 0.5) is 4.79 Å². The average Bonchev–Trinajstić information content (AvgIpc) is 2.19. The first kappa shape index (κ1) is 17.2. The third-order valence-electron chi connectivity index (χ3n) is 1.96. The van der Waals surface area contributed by atoms with Gasteiger partial charge in [0.25, 0.3) is 0 Å². The maximum absolute atomic E-state index is 11.8. The van der Waals surface area contributed by atoms with Gasteiger partial charge >= 0.3 is 18.0 Å². The molecule has 0 aliphatic heterocycles. The first-order valence-electron chi connectivity index (χ1n) is 5.66. The van der Waals surface area contributed by atoms with E-state index in [0.717, 1.165) is 0 Å². The Morgan fingerprint density at radius 1 is 1.16 bits per heavy atom. The highest BCUT2D eigenvalue weighted by molar-refractivity contribution is 6.00. The van der Waals surface area contributed by atoms with E-state index in [9.17, 15) is 14.4 Å². The molecule has 0 aromatic carbocycles. The number of aliphatic hydroxyl groups excluding tert-OH is 1. The number of carboxylic acid groups (broad SMARTS) is 2. The average molecular weight is 277 g/mol. The van der Waals surface area contributed by atoms with Crippen molar-refractivity contribution in [3.05, 3.63) is 0 Å². The maximum Gasteiger partial charge on any atom is 0.411 e. The number of carbonyl (C=O) groups is 3. The van der Waals surface area contributed by atoms with E-state index < -0.39 is 29.7 Å². The lowest BCUT2D eigenvalue weighted by molar-refractivity contribution is -0.156. The highest BCUT2D eigenvalue weighted by atomic mass is 16.6. The molecule has 0 atom stereocenters. The van der Waals surface area contributed by atoms with E-state index in [2.05, 4.69) is 0 Å². The van der Waals surface area contributed by atoms with Crippen LogP contribution in [0.5, 0.6) is 0 Å². The van der Waals surface area contributed by atoms with Crippen LogP contribution in [-0.4, -0.2) is 63.0 Å². The van der Waals surface area contributed by atoms with Gasteiger partial charge in [0.2, 0.25) is 6.04 Å². The summed E-state index contributed by atoms with van der Waals surface area (Å²) in [5, 5.41) is 26.5. The molecule has 8 nitrogen and oxygen atoms in total. The van der Waals surface area contributed by atoms with Gasteiger partial charge in [-0.05, 0) is 27.2 Å². The van der Waals surface area contributed by atoms with Gasteiger partial charge in [-0.25, -0.2) is 14.4 Å². The normalized spacial score (nSPS) is 11.2. The van der Waals surface area contributed by atoms with Gasteiger partial charge in [0.15, 0.2) is 0 Å². The lowest BCUT2D eigenvalue weighted by Gasteiger charge is -2.29. The van der Waals surface area contributed by atoms with E-state index in [1.807, 2.05) is 0 Å². The predicted molar refractivity (Wildman–Crippen MR) is 63.7 cm³/mol. The number of hydrogen-bond acceptors (Lipinski definition) is 5. The lowest BCUT2D eigenvalue weighted by atomic mass is 10.2. The number of ether oxygens (including phenoxy) is 1. The first-order valence-corrected chi connectivity index (χ1v) is 5.66. The SMILES string of the molecule is CC(C)(C)OC(=O)N(CCCO)C(C(=O)O)C(=O)O. The summed E-state index contributed by atoms with van der Waals surface area (Å²) < 4.78 is 4.96. The van der Waals surface area contributed by atoms with E-state index in [-0.39, 0.29) is 19.6 Å². The molecule has 0 saturated heterocycles. The van der Waals surface area contributed by atoms with Crippen molar-refractivity contribution < 1.29 is 34.4 Å². The Bertz CT molecular complexity index is 333. The molecule has 0 bridgehead atoms. The molecule has 3 N–H and O–H groups in total. The minimum absolute atomic E-state index is 0.0519. The second-order valence-electron chi connectivity index (χ2n) is 4.83. The summed E-state index contributed by atoms with van der Waals surface area (Å²) >= 11 is 0. The lowest BCUT2D eigenvalue weighted by Crippen LogP contribution is -2.51. The fourth-order valence-corrected chi connectivity index (χ4v) is 1.26. The summed E-state index contributed by atoms with van der Waals surface area (Å²) in [6.45, 7) is 4.20. The Hall–Kier alpha value is -1.83. The van der Waals surface area contributed by atoms with Crippen molar-refractivity contribution in [3.8, 4) is 0 Å². The van der Waals surface area contributed by atoms with E-state index in [1.165, 1.54) is 0 Å². The molecule has 0 radical (unpaired) electrons. The van der Waals surface area contributed by atoms with Crippen LogP contribution < -0.4 is 0 Å². The van der Waals surface area contributed by atoms with Crippen LogP contribution in [0.3, 0.4) is 0 Å². The molecule has 0 saturated carbocycles. The number of rotatable bonds is 6. The number of hydrogen-bond donors (Lipinski definition) is 3. The summed E-state index contributed by atoms with van der Waals surface area (Å²) in [5.74, 6) is -3.34. The van der Waals surface area contributed by atoms with Gasteiger partial charge in [-0.2, -0.15) is 0 Å². The van der Waals surface area contributed by atoms with Gasteiger partial charge in [0.1, 0.15) is 5.60 Å². The van der Waals surface area contributed by atoms with E-state index in [4.69, 9.17) is 20.1 Å². The third-order valence-corrected chi connectivity index (χ3v) is 1.96. The monoisotopic (exact) mass is 277 g/mol. The molecule has 0 aliphatic rings. The Labute approximate surface area is 110 Å². The summed E-state index contributed by atoms with van der Waals surface area (Å²) in [4.78, 5) is 34.2. The maximum atomic E-state index is 11.8. The topological polar surface area (TPSA) is 124 Å². The van der Waals surface area contributed by atoms with Crippen molar-refractivity contribution >= 4 is 18.0 Å². The Morgan fingerprint density at radius 2 is 1.63 bits per heavy atom. The highest BCUT2D eigenvalue weighted by Gasteiger charge is 2.37. The van der Waals surface area contributed by atoms with Gasteiger partial charge in [-0.3, -0.25) is 4.90 Å². The molecule has 19 heavy (non-hydrogen) atoms. The van der Waals surface area contributed by atoms with Crippen molar-refractivity contribution in [3.63, 3.8) is 0 Å². The van der Waals surface area contributed by atoms with Crippen LogP contribution in [-0.2, 0) is 14.3 Å². The van der Waals surface area contributed by atoms with Crippen LogP contribution in [0.2, 0.25) is 0 Å². The third kappa shape index (κ3) is 6.05. The first-order chi connectivity index (χ1) is 8.60. The molecular weight excluding hydrogens is 258 g/mol. The molecule has 0 spiro atoms. The second-order valence-corrected chi connectivity index (χ2v) is 4.83. The molecule has 110 valence electrons. The number of carbonyl (C=O) groups excluding carboxylic acids is 1. The molecule has 0 rings (SSSR count). The largest absolute Gasteiger partial charge is 0.479 e. The van der Waals surface area contributed by atoms with Gasteiger partial charge in [0, 0.05) is 13.2 Å². The van der Waals surface area contributed by atoms with Crippen LogP contribution in [0.15, 0.2) is 0 Å². The minimum Gasteiger partial charge on any atom is -0.479 e. The smallest absolute Gasteiger partial charge is 0.411 e. The number of nitrogens with zero attached hydrogens (tertiary/aromatic N) is 1. The number of amides is 1. The molecule has 1 amide bonds. The summed E-state index contributed by atoms with van der Waals surface area (Å²) in [7, 11) is 0.